The molecule has 0 aliphatic rings. The second kappa shape index (κ2) is 7.66. The van der Waals surface area contributed by atoms with Crippen molar-refractivity contribution in [3.05, 3.63) is 65.7 Å². The van der Waals surface area contributed by atoms with Gasteiger partial charge in [-0.2, -0.15) is 0 Å². The van der Waals surface area contributed by atoms with Crippen molar-refractivity contribution in [1.82, 2.24) is 5.32 Å². The number of rotatable bonds is 4. The summed E-state index contributed by atoms with van der Waals surface area (Å²) in [7, 11) is -3.40. The van der Waals surface area contributed by atoms with E-state index in [0.717, 1.165) is 11.8 Å². The van der Waals surface area contributed by atoms with Gasteiger partial charge in [-0.3, -0.25) is 9.52 Å². The third-order valence-electron chi connectivity index (χ3n) is 3.16. The van der Waals surface area contributed by atoms with Gasteiger partial charge in [-0.15, -0.1) is 0 Å². The lowest BCUT2D eigenvalue weighted by atomic mass is 10.1. The van der Waals surface area contributed by atoms with Crippen molar-refractivity contribution >= 4 is 21.6 Å². The summed E-state index contributed by atoms with van der Waals surface area (Å²) in [4.78, 5) is 12.0. The van der Waals surface area contributed by atoms with E-state index in [2.05, 4.69) is 21.9 Å². The number of sulfonamides is 1. The van der Waals surface area contributed by atoms with Gasteiger partial charge in [0.2, 0.25) is 10.0 Å². The topological polar surface area (TPSA) is 75.3 Å². The zero-order valence-corrected chi connectivity index (χ0v) is 14.2. The van der Waals surface area contributed by atoms with Crippen LogP contribution in [0.4, 0.5) is 5.69 Å². The average molecular weight is 342 g/mol. The van der Waals surface area contributed by atoms with Crippen molar-refractivity contribution < 1.29 is 13.2 Å². The molecule has 0 heterocycles. The summed E-state index contributed by atoms with van der Waals surface area (Å²) in [5.74, 6) is 4.88. The number of hydrogen-bond acceptors (Lipinski definition) is 3. The van der Waals surface area contributed by atoms with E-state index in [0.29, 0.717) is 11.3 Å². The third-order valence-corrected chi connectivity index (χ3v) is 3.76. The molecule has 2 rings (SSSR count). The molecule has 0 bridgehead atoms. The van der Waals surface area contributed by atoms with Gasteiger partial charge in [-0.05, 0) is 30.7 Å². The molecule has 1 amide bonds. The summed E-state index contributed by atoms with van der Waals surface area (Å²) in [6.45, 7) is 1.77. The number of benzene rings is 2. The predicted molar refractivity (Wildman–Crippen MR) is 94.8 cm³/mol. The molecule has 0 aliphatic carbocycles. The molecular weight excluding hydrogens is 324 g/mol. The molecule has 2 aromatic rings. The van der Waals surface area contributed by atoms with Gasteiger partial charge in [0, 0.05) is 11.5 Å². The number of carbonyl (C=O) groups is 1. The Morgan fingerprint density at radius 1 is 1.04 bits per heavy atom. The molecule has 1 atom stereocenters. The third kappa shape index (κ3) is 5.45. The highest BCUT2D eigenvalue weighted by molar-refractivity contribution is 7.92. The van der Waals surface area contributed by atoms with Crippen LogP contribution in [0.15, 0.2) is 54.6 Å². The van der Waals surface area contributed by atoms with Crippen LogP contribution < -0.4 is 10.0 Å². The average Bonchev–Trinajstić information content (AvgIpc) is 2.53. The SMILES string of the molecule is C[C@H](NC(=O)C#Cc1ccccc1)c1ccccc1NS(C)(=O)=O. The van der Waals surface area contributed by atoms with Gasteiger partial charge in [-0.1, -0.05) is 42.3 Å². The summed E-state index contributed by atoms with van der Waals surface area (Å²) < 4.78 is 25.3. The molecule has 0 aliphatic heterocycles. The van der Waals surface area contributed by atoms with Crippen LogP contribution in [0, 0.1) is 11.8 Å². The highest BCUT2D eigenvalue weighted by Crippen LogP contribution is 2.23. The Balaban J connectivity index is 2.11. The monoisotopic (exact) mass is 342 g/mol. The lowest BCUT2D eigenvalue weighted by Gasteiger charge is -2.17. The molecular formula is C18H18N2O3S. The van der Waals surface area contributed by atoms with E-state index in [4.69, 9.17) is 0 Å². The van der Waals surface area contributed by atoms with Crippen LogP contribution in [-0.4, -0.2) is 20.6 Å². The molecule has 24 heavy (non-hydrogen) atoms. The maximum atomic E-state index is 12.0. The van der Waals surface area contributed by atoms with E-state index < -0.39 is 22.0 Å². The number of para-hydroxylation sites is 1. The molecule has 2 aromatic carbocycles. The lowest BCUT2D eigenvalue weighted by molar-refractivity contribution is -0.116. The summed E-state index contributed by atoms with van der Waals surface area (Å²) in [5, 5.41) is 2.75. The van der Waals surface area contributed by atoms with Crippen molar-refractivity contribution in [3.8, 4) is 11.8 Å². The van der Waals surface area contributed by atoms with Crippen LogP contribution in [-0.2, 0) is 14.8 Å². The van der Waals surface area contributed by atoms with Crippen LogP contribution in [0.25, 0.3) is 0 Å². The zero-order chi connectivity index (χ0) is 17.6. The molecule has 0 saturated carbocycles. The molecule has 124 valence electrons. The first-order valence-corrected chi connectivity index (χ1v) is 9.18. The smallest absolute Gasteiger partial charge is 0.296 e. The second-order valence-electron chi connectivity index (χ2n) is 5.27. The Labute approximate surface area is 142 Å². The van der Waals surface area contributed by atoms with Gasteiger partial charge >= 0.3 is 0 Å². The summed E-state index contributed by atoms with van der Waals surface area (Å²) in [5.41, 5.74) is 1.85. The van der Waals surface area contributed by atoms with Gasteiger partial charge in [0.25, 0.3) is 5.91 Å². The summed E-state index contributed by atoms with van der Waals surface area (Å²) in [6, 6.07) is 15.7. The quantitative estimate of drug-likeness (QED) is 0.837. The molecule has 0 unspecified atom stereocenters. The first-order chi connectivity index (χ1) is 11.3. The Kier molecular flexibility index (Phi) is 5.61. The van der Waals surface area contributed by atoms with Crippen molar-refractivity contribution in [2.45, 2.75) is 13.0 Å². The van der Waals surface area contributed by atoms with E-state index >= 15 is 0 Å². The predicted octanol–water partition coefficient (Wildman–Crippen LogP) is 2.29. The first-order valence-electron chi connectivity index (χ1n) is 7.29. The Morgan fingerprint density at radius 2 is 1.67 bits per heavy atom. The van der Waals surface area contributed by atoms with Crippen molar-refractivity contribution in [3.63, 3.8) is 0 Å². The van der Waals surface area contributed by atoms with Crippen LogP contribution in [0.1, 0.15) is 24.1 Å². The van der Waals surface area contributed by atoms with E-state index in [1.807, 2.05) is 30.3 Å². The highest BCUT2D eigenvalue weighted by Gasteiger charge is 2.14. The number of anilines is 1. The molecule has 0 spiro atoms. The fourth-order valence-electron chi connectivity index (χ4n) is 2.13. The molecule has 0 radical (unpaired) electrons. The van der Waals surface area contributed by atoms with Gasteiger partial charge in [-0.25, -0.2) is 8.42 Å². The zero-order valence-electron chi connectivity index (χ0n) is 13.4. The van der Waals surface area contributed by atoms with Gasteiger partial charge in [0.1, 0.15) is 0 Å². The largest absolute Gasteiger partial charge is 0.339 e. The minimum atomic E-state index is -3.40. The fourth-order valence-corrected chi connectivity index (χ4v) is 2.71. The van der Waals surface area contributed by atoms with Crippen molar-refractivity contribution in [2.24, 2.45) is 0 Å². The Morgan fingerprint density at radius 3 is 2.33 bits per heavy atom. The first kappa shape index (κ1) is 17.6. The molecule has 0 aromatic heterocycles. The van der Waals surface area contributed by atoms with Gasteiger partial charge in [0.15, 0.2) is 0 Å². The lowest BCUT2D eigenvalue weighted by Crippen LogP contribution is -2.26. The molecule has 0 fully saturated rings. The minimum Gasteiger partial charge on any atom is -0.339 e. The maximum absolute atomic E-state index is 12.0. The summed E-state index contributed by atoms with van der Waals surface area (Å²) >= 11 is 0. The minimum absolute atomic E-state index is 0.395. The number of amides is 1. The van der Waals surface area contributed by atoms with Crippen LogP contribution >= 0.6 is 0 Å². The van der Waals surface area contributed by atoms with Crippen molar-refractivity contribution in [1.29, 1.82) is 0 Å². The number of nitrogens with one attached hydrogen (secondary N) is 2. The van der Waals surface area contributed by atoms with E-state index in [-0.39, 0.29) is 0 Å². The van der Waals surface area contributed by atoms with Crippen LogP contribution in [0.2, 0.25) is 0 Å². The van der Waals surface area contributed by atoms with Gasteiger partial charge in [0.05, 0.1) is 18.0 Å². The van der Waals surface area contributed by atoms with Crippen molar-refractivity contribution in [2.75, 3.05) is 11.0 Å². The molecule has 6 heteroatoms. The molecule has 5 nitrogen and oxygen atoms in total. The Bertz CT molecular complexity index is 881. The normalized spacial score (nSPS) is 11.8. The second-order valence-corrected chi connectivity index (χ2v) is 7.02. The highest BCUT2D eigenvalue weighted by atomic mass is 32.2. The number of hydrogen-bond donors (Lipinski definition) is 2. The molecule has 2 N–H and O–H groups in total. The molecule has 0 saturated heterocycles. The van der Waals surface area contributed by atoms with Crippen LogP contribution in [0.5, 0.6) is 0 Å². The fraction of sp³-hybridized carbons (Fsp3) is 0.167. The Hall–Kier alpha value is -2.78. The van der Waals surface area contributed by atoms with Crippen LogP contribution in [0.3, 0.4) is 0 Å². The van der Waals surface area contributed by atoms with E-state index in [1.165, 1.54) is 0 Å². The maximum Gasteiger partial charge on any atom is 0.296 e. The van der Waals surface area contributed by atoms with E-state index in [9.17, 15) is 13.2 Å². The standard InChI is InChI=1S/C18H18N2O3S/c1-14(16-10-6-7-11-17(16)20-24(2,22)23)19-18(21)13-12-15-8-4-3-5-9-15/h3-11,14,20H,1-2H3,(H,19,21)/t14-/m0/s1. The summed E-state index contributed by atoms with van der Waals surface area (Å²) in [6.07, 6.45) is 1.08. The van der Waals surface area contributed by atoms with Gasteiger partial charge < -0.3 is 5.32 Å². The van der Waals surface area contributed by atoms with E-state index in [1.54, 1.807) is 31.2 Å². The number of carbonyl (C=O) groups excluding carboxylic acids is 1.